The minimum absolute atomic E-state index is 0.0252. The standard InChI is InChI=1S/C19H19ClN2O2/c1-24-17-5-2-14(3-6-17)12-22(19(23)11-20)13-15-4-7-18-16(10-15)8-9-21-18/h2-10,21H,11-13H2,1H3. The highest BCUT2D eigenvalue weighted by atomic mass is 35.5. The molecule has 0 bridgehead atoms. The van der Waals surface area contributed by atoms with Crippen LogP contribution in [-0.2, 0) is 17.9 Å². The van der Waals surface area contributed by atoms with E-state index in [9.17, 15) is 4.79 Å². The van der Waals surface area contributed by atoms with Crippen molar-refractivity contribution in [1.29, 1.82) is 0 Å². The maximum absolute atomic E-state index is 12.2. The molecule has 2 aromatic carbocycles. The Balaban J connectivity index is 1.78. The lowest BCUT2D eigenvalue weighted by atomic mass is 10.1. The fourth-order valence-electron chi connectivity index (χ4n) is 2.69. The Kier molecular flexibility index (Phi) is 5.06. The summed E-state index contributed by atoms with van der Waals surface area (Å²) in [5, 5.41) is 1.13. The third-order valence-corrected chi connectivity index (χ3v) is 4.22. The first-order valence-corrected chi connectivity index (χ1v) is 8.26. The number of alkyl halides is 1. The van der Waals surface area contributed by atoms with Gasteiger partial charge in [-0.25, -0.2) is 0 Å². The van der Waals surface area contributed by atoms with Crippen LogP contribution in [0.25, 0.3) is 10.9 Å². The summed E-state index contributed by atoms with van der Waals surface area (Å²) in [7, 11) is 1.63. The number of halogens is 1. The minimum Gasteiger partial charge on any atom is -0.497 e. The van der Waals surface area contributed by atoms with E-state index in [0.717, 1.165) is 27.8 Å². The molecule has 0 atom stereocenters. The van der Waals surface area contributed by atoms with E-state index in [1.807, 2.05) is 48.7 Å². The molecule has 1 aromatic heterocycles. The molecule has 0 saturated heterocycles. The second-order valence-corrected chi connectivity index (χ2v) is 5.90. The van der Waals surface area contributed by atoms with Crippen molar-refractivity contribution in [1.82, 2.24) is 9.88 Å². The number of ether oxygens (including phenoxy) is 1. The molecule has 5 heteroatoms. The Morgan fingerprint density at radius 3 is 2.50 bits per heavy atom. The Hall–Kier alpha value is -2.46. The van der Waals surface area contributed by atoms with Crippen molar-refractivity contribution >= 4 is 28.4 Å². The van der Waals surface area contributed by atoms with E-state index in [1.165, 1.54) is 0 Å². The van der Waals surface area contributed by atoms with Gasteiger partial charge in [0.25, 0.3) is 0 Å². The number of rotatable bonds is 6. The van der Waals surface area contributed by atoms with Crippen LogP contribution in [0.1, 0.15) is 11.1 Å². The first-order valence-electron chi connectivity index (χ1n) is 7.72. The molecule has 0 saturated carbocycles. The zero-order valence-electron chi connectivity index (χ0n) is 13.5. The molecule has 0 unspecified atom stereocenters. The van der Waals surface area contributed by atoms with Gasteiger partial charge in [0, 0.05) is 24.8 Å². The van der Waals surface area contributed by atoms with E-state index in [-0.39, 0.29) is 11.8 Å². The molecule has 0 fully saturated rings. The van der Waals surface area contributed by atoms with E-state index in [0.29, 0.717) is 13.1 Å². The summed E-state index contributed by atoms with van der Waals surface area (Å²) >= 11 is 5.79. The monoisotopic (exact) mass is 342 g/mol. The molecule has 3 rings (SSSR count). The summed E-state index contributed by atoms with van der Waals surface area (Å²) in [5.41, 5.74) is 3.20. The fraction of sp³-hybridized carbons (Fsp3) is 0.211. The summed E-state index contributed by atoms with van der Waals surface area (Å²) in [6, 6.07) is 15.9. The topological polar surface area (TPSA) is 45.3 Å². The smallest absolute Gasteiger partial charge is 0.238 e. The number of nitrogens with zero attached hydrogens (tertiary/aromatic N) is 1. The lowest BCUT2D eigenvalue weighted by Gasteiger charge is -2.22. The van der Waals surface area contributed by atoms with Crippen LogP contribution in [0.4, 0.5) is 0 Å². The van der Waals surface area contributed by atoms with Gasteiger partial charge in [-0.05, 0) is 46.8 Å². The lowest BCUT2D eigenvalue weighted by Crippen LogP contribution is -2.31. The SMILES string of the molecule is COc1ccc(CN(Cc2ccc3[nH]ccc3c2)C(=O)CCl)cc1. The van der Waals surface area contributed by atoms with Gasteiger partial charge in [-0.3, -0.25) is 4.79 Å². The van der Waals surface area contributed by atoms with Crippen molar-refractivity contribution in [3.8, 4) is 5.75 Å². The molecule has 4 nitrogen and oxygen atoms in total. The molecule has 0 aliphatic rings. The lowest BCUT2D eigenvalue weighted by molar-refractivity contribution is -0.129. The molecule has 24 heavy (non-hydrogen) atoms. The summed E-state index contributed by atoms with van der Waals surface area (Å²) in [4.78, 5) is 17.2. The molecule has 0 radical (unpaired) electrons. The van der Waals surface area contributed by atoms with Crippen LogP contribution >= 0.6 is 11.6 Å². The third kappa shape index (κ3) is 3.71. The summed E-state index contributed by atoms with van der Waals surface area (Å²) in [6.45, 7) is 1.04. The Labute approximate surface area is 146 Å². The van der Waals surface area contributed by atoms with Crippen LogP contribution < -0.4 is 4.74 Å². The number of H-pyrrole nitrogens is 1. The molecule has 0 aliphatic carbocycles. The van der Waals surface area contributed by atoms with Crippen molar-refractivity contribution < 1.29 is 9.53 Å². The zero-order chi connectivity index (χ0) is 16.9. The number of hydrogen-bond acceptors (Lipinski definition) is 2. The van der Waals surface area contributed by atoms with E-state index in [4.69, 9.17) is 16.3 Å². The first-order chi connectivity index (χ1) is 11.7. The van der Waals surface area contributed by atoms with Gasteiger partial charge in [0.2, 0.25) is 5.91 Å². The maximum Gasteiger partial charge on any atom is 0.238 e. The molecular formula is C19H19ClN2O2. The highest BCUT2D eigenvalue weighted by molar-refractivity contribution is 6.27. The summed E-state index contributed by atoms with van der Waals surface area (Å²) in [5.74, 6) is 0.691. The Morgan fingerprint density at radius 2 is 1.79 bits per heavy atom. The maximum atomic E-state index is 12.2. The zero-order valence-corrected chi connectivity index (χ0v) is 14.2. The summed E-state index contributed by atoms with van der Waals surface area (Å²) in [6.07, 6.45) is 1.91. The average molecular weight is 343 g/mol. The average Bonchev–Trinajstić information content (AvgIpc) is 3.09. The van der Waals surface area contributed by atoms with Crippen LogP contribution in [0, 0.1) is 0 Å². The second kappa shape index (κ2) is 7.41. The number of fused-ring (bicyclic) bond motifs is 1. The van der Waals surface area contributed by atoms with Crippen molar-refractivity contribution in [2.75, 3.05) is 13.0 Å². The molecule has 0 aliphatic heterocycles. The molecule has 1 N–H and O–H groups in total. The van der Waals surface area contributed by atoms with Crippen LogP contribution in [-0.4, -0.2) is 28.8 Å². The van der Waals surface area contributed by atoms with E-state index < -0.39 is 0 Å². The predicted octanol–water partition coefficient (Wildman–Crippen LogP) is 3.94. The molecule has 0 spiro atoms. The van der Waals surface area contributed by atoms with Gasteiger partial charge < -0.3 is 14.6 Å². The van der Waals surface area contributed by atoms with Crippen molar-refractivity contribution in [3.63, 3.8) is 0 Å². The number of aromatic nitrogens is 1. The van der Waals surface area contributed by atoms with Gasteiger partial charge in [0.15, 0.2) is 0 Å². The molecule has 1 amide bonds. The Bertz CT molecular complexity index is 827. The Morgan fingerprint density at radius 1 is 1.08 bits per heavy atom. The van der Waals surface area contributed by atoms with Crippen LogP contribution in [0.15, 0.2) is 54.7 Å². The van der Waals surface area contributed by atoms with Crippen molar-refractivity contribution in [3.05, 3.63) is 65.9 Å². The minimum atomic E-state index is -0.0818. The molecule has 1 heterocycles. The van der Waals surface area contributed by atoms with Gasteiger partial charge in [0.1, 0.15) is 11.6 Å². The van der Waals surface area contributed by atoms with Crippen LogP contribution in [0.5, 0.6) is 5.75 Å². The fourth-order valence-corrected chi connectivity index (χ4v) is 2.86. The van der Waals surface area contributed by atoms with Gasteiger partial charge in [-0.15, -0.1) is 11.6 Å². The number of amides is 1. The quantitative estimate of drug-likeness (QED) is 0.689. The van der Waals surface area contributed by atoms with Gasteiger partial charge in [-0.2, -0.15) is 0 Å². The number of nitrogens with one attached hydrogen (secondary N) is 1. The van der Waals surface area contributed by atoms with Gasteiger partial charge >= 0.3 is 0 Å². The first kappa shape index (κ1) is 16.4. The highest BCUT2D eigenvalue weighted by Gasteiger charge is 2.14. The third-order valence-electron chi connectivity index (χ3n) is 3.99. The van der Waals surface area contributed by atoms with Gasteiger partial charge in [0.05, 0.1) is 7.11 Å². The van der Waals surface area contributed by atoms with E-state index in [2.05, 4.69) is 11.1 Å². The normalized spacial score (nSPS) is 10.8. The number of carbonyl (C=O) groups is 1. The number of benzene rings is 2. The van der Waals surface area contributed by atoms with Crippen molar-refractivity contribution in [2.24, 2.45) is 0 Å². The number of hydrogen-bond donors (Lipinski definition) is 1. The number of methoxy groups -OCH3 is 1. The van der Waals surface area contributed by atoms with Crippen molar-refractivity contribution in [2.45, 2.75) is 13.1 Å². The van der Waals surface area contributed by atoms with Crippen LogP contribution in [0.3, 0.4) is 0 Å². The number of aromatic amines is 1. The van der Waals surface area contributed by atoms with E-state index in [1.54, 1.807) is 12.0 Å². The van der Waals surface area contributed by atoms with Gasteiger partial charge in [-0.1, -0.05) is 18.2 Å². The molecular weight excluding hydrogens is 324 g/mol. The van der Waals surface area contributed by atoms with Crippen LogP contribution in [0.2, 0.25) is 0 Å². The summed E-state index contributed by atoms with van der Waals surface area (Å²) < 4.78 is 5.17. The molecule has 3 aromatic rings. The largest absolute Gasteiger partial charge is 0.497 e. The highest BCUT2D eigenvalue weighted by Crippen LogP contribution is 2.18. The molecule has 124 valence electrons. The number of carbonyl (C=O) groups excluding carboxylic acids is 1. The predicted molar refractivity (Wildman–Crippen MR) is 96.3 cm³/mol. The van der Waals surface area contributed by atoms with E-state index >= 15 is 0 Å². The second-order valence-electron chi connectivity index (χ2n) is 5.63.